The van der Waals surface area contributed by atoms with Crippen molar-refractivity contribution < 1.29 is 19.1 Å². The number of nitrogens with zero attached hydrogens (tertiary/aromatic N) is 1. The van der Waals surface area contributed by atoms with Gasteiger partial charge in [-0.25, -0.2) is 4.39 Å². The van der Waals surface area contributed by atoms with E-state index in [0.717, 1.165) is 0 Å². The standard InChI is InChI=1S/C14H15ClFNO3/c1-8-7-17(6-5-9(8)14(19)20)13(18)10-3-2-4-11(16)12(10)15/h2-4,8-9H,5-7H2,1H3,(H,19,20). The van der Waals surface area contributed by atoms with E-state index in [4.69, 9.17) is 16.7 Å². The topological polar surface area (TPSA) is 57.6 Å². The molecule has 1 aromatic rings. The van der Waals surface area contributed by atoms with Crippen LogP contribution in [0.5, 0.6) is 0 Å². The molecule has 1 N–H and O–H groups in total. The quantitative estimate of drug-likeness (QED) is 0.913. The van der Waals surface area contributed by atoms with Crippen LogP contribution in [0.15, 0.2) is 18.2 Å². The number of benzene rings is 1. The van der Waals surface area contributed by atoms with Crippen molar-refractivity contribution in [2.45, 2.75) is 13.3 Å². The first kappa shape index (κ1) is 14.8. The van der Waals surface area contributed by atoms with E-state index in [1.54, 1.807) is 6.92 Å². The second-order valence-electron chi connectivity index (χ2n) is 5.06. The summed E-state index contributed by atoms with van der Waals surface area (Å²) in [5.41, 5.74) is 0.118. The van der Waals surface area contributed by atoms with Crippen molar-refractivity contribution in [3.05, 3.63) is 34.6 Å². The molecule has 2 rings (SSSR count). The number of rotatable bonds is 2. The molecule has 0 bridgehead atoms. The molecule has 2 unspecified atom stereocenters. The van der Waals surface area contributed by atoms with Crippen molar-refractivity contribution in [1.29, 1.82) is 0 Å². The van der Waals surface area contributed by atoms with Crippen molar-refractivity contribution in [3.8, 4) is 0 Å². The van der Waals surface area contributed by atoms with Crippen LogP contribution in [0.2, 0.25) is 5.02 Å². The van der Waals surface area contributed by atoms with Gasteiger partial charge in [0.2, 0.25) is 0 Å². The number of halogens is 2. The second kappa shape index (κ2) is 5.79. The van der Waals surface area contributed by atoms with Gasteiger partial charge < -0.3 is 10.0 Å². The molecule has 1 heterocycles. The minimum Gasteiger partial charge on any atom is -0.481 e. The Morgan fingerprint density at radius 1 is 1.45 bits per heavy atom. The van der Waals surface area contributed by atoms with Gasteiger partial charge in [0.05, 0.1) is 16.5 Å². The Morgan fingerprint density at radius 2 is 2.15 bits per heavy atom. The molecule has 20 heavy (non-hydrogen) atoms. The first-order valence-corrected chi connectivity index (χ1v) is 6.75. The molecule has 1 amide bonds. The van der Waals surface area contributed by atoms with Crippen LogP contribution >= 0.6 is 11.6 Å². The molecule has 108 valence electrons. The number of amides is 1. The fourth-order valence-corrected chi connectivity index (χ4v) is 2.74. The molecule has 0 spiro atoms. The summed E-state index contributed by atoms with van der Waals surface area (Å²) in [6.07, 6.45) is 0.398. The molecular formula is C14H15ClFNO3. The molecule has 6 heteroatoms. The summed E-state index contributed by atoms with van der Waals surface area (Å²) in [5, 5.41) is 8.87. The minimum atomic E-state index is -0.839. The molecule has 1 saturated heterocycles. The third-order valence-electron chi connectivity index (χ3n) is 3.69. The van der Waals surface area contributed by atoms with Crippen LogP contribution in [0, 0.1) is 17.7 Å². The van der Waals surface area contributed by atoms with Gasteiger partial charge in [-0.05, 0) is 24.5 Å². The molecule has 0 aliphatic carbocycles. The maximum absolute atomic E-state index is 13.4. The highest BCUT2D eigenvalue weighted by atomic mass is 35.5. The molecule has 1 fully saturated rings. The van der Waals surface area contributed by atoms with Crippen molar-refractivity contribution in [2.75, 3.05) is 13.1 Å². The Morgan fingerprint density at radius 3 is 2.75 bits per heavy atom. The Labute approximate surface area is 121 Å². The highest BCUT2D eigenvalue weighted by molar-refractivity contribution is 6.34. The third-order valence-corrected chi connectivity index (χ3v) is 4.08. The van der Waals surface area contributed by atoms with E-state index >= 15 is 0 Å². The Kier molecular flexibility index (Phi) is 4.28. The van der Waals surface area contributed by atoms with Gasteiger partial charge in [0, 0.05) is 13.1 Å². The third kappa shape index (κ3) is 2.77. The fraction of sp³-hybridized carbons (Fsp3) is 0.429. The minimum absolute atomic E-state index is 0.118. The van der Waals surface area contributed by atoms with Crippen LogP contribution in [0.1, 0.15) is 23.7 Å². The maximum atomic E-state index is 13.4. The van der Waals surface area contributed by atoms with E-state index in [9.17, 15) is 14.0 Å². The number of carboxylic acid groups (broad SMARTS) is 1. The lowest BCUT2D eigenvalue weighted by Crippen LogP contribution is -2.45. The van der Waals surface area contributed by atoms with Crippen molar-refractivity contribution in [1.82, 2.24) is 4.90 Å². The largest absolute Gasteiger partial charge is 0.481 e. The number of hydrogen-bond donors (Lipinski definition) is 1. The first-order chi connectivity index (χ1) is 9.41. The highest BCUT2D eigenvalue weighted by Gasteiger charge is 2.33. The fourth-order valence-electron chi connectivity index (χ4n) is 2.54. The van der Waals surface area contributed by atoms with Gasteiger partial charge in [-0.3, -0.25) is 9.59 Å². The van der Waals surface area contributed by atoms with E-state index in [2.05, 4.69) is 0 Å². The summed E-state index contributed by atoms with van der Waals surface area (Å²) in [7, 11) is 0. The lowest BCUT2D eigenvalue weighted by atomic mass is 9.87. The molecule has 4 nitrogen and oxygen atoms in total. The van der Waals surface area contributed by atoms with E-state index in [1.807, 2.05) is 0 Å². The van der Waals surface area contributed by atoms with Crippen LogP contribution < -0.4 is 0 Å². The number of hydrogen-bond acceptors (Lipinski definition) is 2. The molecule has 2 atom stereocenters. The van der Waals surface area contributed by atoms with E-state index < -0.39 is 17.7 Å². The summed E-state index contributed by atoms with van der Waals surface area (Å²) in [6, 6.07) is 4.10. The molecule has 0 radical (unpaired) electrons. The number of carboxylic acids is 1. The lowest BCUT2D eigenvalue weighted by molar-refractivity contribution is -0.145. The Balaban J connectivity index is 2.15. The van der Waals surface area contributed by atoms with Gasteiger partial charge >= 0.3 is 5.97 Å². The zero-order valence-electron chi connectivity index (χ0n) is 11.0. The number of piperidine rings is 1. The Bertz CT molecular complexity index is 549. The first-order valence-electron chi connectivity index (χ1n) is 6.38. The number of carbonyl (C=O) groups excluding carboxylic acids is 1. The van der Waals surface area contributed by atoms with Crippen LogP contribution in [0.25, 0.3) is 0 Å². The van der Waals surface area contributed by atoms with Gasteiger partial charge in [-0.15, -0.1) is 0 Å². The lowest BCUT2D eigenvalue weighted by Gasteiger charge is -2.35. The molecule has 1 aliphatic rings. The molecule has 0 aromatic heterocycles. The zero-order valence-corrected chi connectivity index (χ0v) is 11.7. The summed E-state index contributed by atoms with van der Waals surface area (Å²) in [5.74, 6) is -2.41. The summed E-state index contributed by atoms with van der Waals surface area (Å²) in [4.78, 5) is 24.9. The predicted molar refractivity (Wildman–Crippen MR) is 72.2 cm³/mol. The second-order valence-corrected chi connectivity index (χ2v) is 5.44. The number of likely N-dealkylation sites (tertiary alicyclic amines) is 1. The van der Waals surface area contributed by atoms with E-state index in [1.165, 1.54) is 23.1 Å². The zero-order chi connectivity index (χ0) is 14.9. The van der Waals surface area contributed by atoms with Gasteiger partial charge in [0.25, 0.3) is 5.91 Å². The smallest absolute Gasteiger partial charge is 0.306 e. The van der Waals surface area contributed by atoms with Gasteiger partial charge in [-0.2, -0.15) is 0 Å². The SMILES string of the molecule is CC1CN(C(=O)c2cccc(F)c2Cl)CCC1C(=O)O. The molecule has 0 saturated carbocycles. The summed E-state index contributed by atoms with van der Waals surface area (Å²) >= 11 is 5.81. The summed E-state index contributed by atoms with van der Waals surface area (Å²) in [6.45, 7) is 2.47. The van der Waals surface area contributed by atoms with Crippen molar-refractivity contribution in [2.24, 2.45) is 11.8 Å². The van der Waals surface area contributed by atoms with E-state index in [0.29, 0.717) is 19.5 Å². The van der Waals surface area contributed by atoms with Crippen LogP contribution in [-0.4, -0.2) is 35.0 Å². The number of carbonyl (C=O) groups is 2. The maximum Gasteiger partial charge on any atom is 0.306 e. The molecule has 1 aromatic carbocycles. The van der Waals surface area contributed by atoms with Crippen molar-refractivity contribution in [3.63, 3.8) is 0 Å². The summed E-state index contributed by atoms with van der Waals surface area (Å²) < 4.78 is 13.4. The number of aliphatic carboxylic acids is 1. The van der Waals surface area contributed by atoms with Gasteiger partial charge in [-0.1, -0.05) is 24.6 Å². The Hall–Kier alpha value is -1.62. The van der Waals surface area contributed by atoms with Crippen LogP contribution in [-0.2, 0) is 4.79 Å². The normalized spacial score (nSPS) is 22.6. The van der Waals surface area contributed by atoms with Gasteiger partial charge in [0.1, 0.15) is 5.82 Å². The van der Waals surface area contributed by atoms with Crippen LogP contribution in [0.4, 0.5) is 4.39 Å². The molecular weight excluding hydrogens is 285 g/mol. The average molecular weight is 300 g/mol. The average Bonchev–Trinajstić information content (AvgIpc) is 2.40. The van der Waals surface area contributed by atoms with Gasteiger partial charge in [0.15, 0.2) is 0 Å². The monoisotopic (exact) mass is 299 g/mol. The van der Waals surface area contributed by atoms with E-state index in [-0.39, 0.29) is 22.4 Å². The highest BCUT2D eigenvalue weighted by Crippen LogP contribution is 2.27. The van der Waals surface area contributed by atoms with Crippen molar-refractivity contribution >= 4 is 23.5 Å². The van der Waals surface area contributed by atoms with Crippen LogP contribution in [0.3, 0.4) is 0 Å². The predicted octanol–water partition coefficient (Wildman–Crippen LogP) is 2.66. The molecule has 1 aliphatic heterocycles.